The maximum absolute atomic E-state index is 11.2. The number of carbonyl (C=O) groups excluding carboxylic acids is 1. The minimum Gasteiger partial charge on any atom is -0.484 e. The Balaban J connectivity index is 2.23. The van der Waals surface area contributed by atoms with E-state index in [4.69, 9.17) is 9.84 Å². The van der Waals surface area contributed by atoms with Crippen molar-refractivity contribution < 1.29 is 14.6 Å². The molecule has 4 nitrogen and oxygen atoms in total. The maximum Gasteiger partial charge on any atom is 0.258 e. The molecule has 0 radical (unpaired) electrons. The van der Waals surface area contributed by atoms with E-state index in [0.717, 1.165) is 0 Å². The molecule has 0 aliphatic rings. The molecule has 15 heavy (non-hydrogen) atoms. The monoisotopic (exact) mass is 209 g/mol. The lowest BCUT2D eigenvalue weighted by molar-refractivity contribution is -0.123. The van der Waals surface area contributed by atoms with Gasteiger partial charge in [-0.2, -0.15) is 0 Å². The average Bonchev–Trinajstić information content (AvgIpc) is 2.25. The van der Waals surface area contributed by atoms with E-state index >= 15 is 0 Å². The molecule has 1 atom stereocenters. The van der Waals surface area contributed by atoms with Gasteiger partial charge in [-0.05, 0) is 19.1 Å². The number of ether oxygens (including phenoxy) is 1. The molecule has 82 valence electrons. The molecule has 0 spiro atoms. The smallest absolute Gasteiger partial charge is 0.258 e. The lowest BCUT2D eigenvalue weighted by Gasteiger charge is -2.08. The van der Waals surface area contributed by atoms with Gasteiger partial charge in [0.2, 0.25) is 0 Å². The summed E-state index contributed by atoms with van der Waals surface area (Å²) in [5.41, 5.74) is 0. The lowest BCUT2D eigenvalue weighted by Crippen LogP contribution is -2.34. The van der Waals surface area contributed by atoms with Crippen LogP contribution in [-0.2, 0) is 4.79 Å². The highest BCUT2D eigenvalue weighted by atomic mass is 16.5. The van der Waals surface area contributed by atoms with Gasteiger partial charge < -0.3 is 15.2 Å². The molecule has 1 aromatic rings. The molecule has 0 saturated heterocycles. The largest absolute Gasteiger partial charge is 0.484 e. The van der Waals surface area contributed by atoms with E-state index in [9.17, 15) is 4.79 Å². The van der Waals surface area contributed by atoms with Crippen LogP contribution in [-0.4, -0.2) is 30.3 Å². The Morgan fingerprint density at radius 2 is 2.13 bits per heavy atom. The Morgan fingerprint density at radius 1 is 1.47 bits per heavy atom. The van der Waals surface area contributed by atoms with Crippen molar-refractivity contribution in [3.8, 4) is 5.75 Å². The van der Waals surface area contributed by atoms with Crippen LogP contribution in [0.15, 0.2) is 30.3 Å². The Morgan fingerprint density at radius 3 is 2.73 bits per heavy atom. The topological polar surface area (TPSA) is 58.6 Å². The fourth-order valence-electron chi connectivity index (χ4n) is 0.978. The van der Waals surface area contributed by atoms with Gasteiger partial charge in [0, 0.05) is 6.54 Å². The molecule has 0 bridgehead atoms. The zero-order valence-electron chi connectivity index (χ0n) is 8.64. The number of aliphatic hydroxyl groups is 1. The molecule has 0 fully saturated rings. The van der Waals surface area contributed by atoms with Crippen LogP contribution in [0.4, 0.5) is 0 Å². The van der Waals surface area contributed by atoms with Crippen molar-refractivity contribution in [3.05, 3.63) is 30.3 Å². The van der Waals surface area contributed by atoms with E-state index in [1.165, 1.54) is 0 Å². The third-order valence-corrected chi connectivity index (χ3v) is 1.71. The average molecular weight is 209 g/mol. The molecule has 2 N–H and O–H groups in total. The van der Waals surface area contributed by atoms with Crippen molar-refractivity contribution in [3.63, 3.8) is 0 Å². The van der Waals surface area contributed by atoms with E-state index in [-0.39, 0.29) is 19.1 Å². The number of benzene rings is 1. The summed E-state index contributed by atoms with van der Waals surface area (Å²) < 4.78 is 5.21. The predicted molar refractivity (Wildman–Crippen MR) is 56.6 cm³/mol. The molecule has 0 aromatic heterocycles. The summed E-state index contributed by atoms with van der Waals surface area (Å²) in [6.45, 7) is 1.83. The third kappa shape index (κ3) is 5.02. The van der Waals surface area contributed by atoms with Gasteiger partial charge >= 0.3 is 0 Å². The number of nitrogens with one attached hydrogen (secondary N) is 1. The highest BCUT2D eigenvalue weighted by Crippen LogP contribution is 2.07. The van der Waals surface area contributed by atoms with Crippen molar-refractivity contribution in [2.24, 2.45) is 0 Å². The van der Waals surface area contributed by atoms with Crippen LogP contribution in [0.3, 0.4) is 0 Å². The third-order valence-electron chi connectivity index (χ3n) is 1.71. The molecule has 0 aliphatic carbocycles. The normalized spacial score (nSPS) is 11.9. The predicted octanol–water partition coefficient (Wildman–Crippen LogP) is 0.562. The number of para-hydroxylation sites is 1. The van der Waals surface area contributed by atoms with Crippen LogP contribution in [0.25, 0.3) is 0 Å². The van der Waals surface area contributed by atoms with Gasteiger partial charge in [-0.1, -0.05) is 18.2 Å². The van der Waals surface area contributed by atoms with Crippen molar-refractivity contribution in [1.82, 2.24) is 5.32 Å². The van der Waals surface area contributed by atoms with Crippen LogP contribution in [0.5, 0.6) is 5.75 Å². The standard InChI is InChI=1S/C11H15NO3/c1-9(13)7-12-11(14)8-15-10-5-3-2-4-6-10/h2-6,9,13H,7-8H2,1H3,(H,12,14)/t9-/m1/s1. The summed E-state index contributed by atoms with van der Waals surface area (Å²) in [5, 5.41) is 11.5. The van der Waals surface area contributed by atoms with Crippen LogP contribution >= 0.6 is 0 Å². The van der Waals surface area contributed by atoms with Crippen LogP contribution in [0.1, 0.15) is 6.92 Å². The quantitative estimate of drug-likeness (QED) is 0.745. The number of hydrogen-bond donors (Lipinski definition) is 2. The SMILES string of the molecule is C[C@@H](O)CNC(=O)COc1ccccc1. The maximum atomic E-state index is 11.2. The molecular formula is C11H15NO3. The lowest BCUT2D eigenvalue weighted by atomic mass is 10.3. The number of carbonyl (C=O) groups is 1. The minimum absolute atomic E-state index is 0.0310. The highest BCUT2D eigenvalue weighted by Gasteiger charge is 2.03. The molecule has 0 saturated carbocycles. The van der Waals surface area contributed by atoms with Crippen LogP contribution in [0, 0.1) is 0 Å². The summed E-state index contributed by atoms with van der Waals surface area (Å²) in [7, 11) is 0. The first kappa shape index (κ1) is 11.5. The first-order valence-corrected chi connectivity index (χ1v) is 4.81. The zero-order valence-corrected chi connectivity index (χ0v) is 8.64. The number of aliphatic hydroxyl groups excluding tert-OH is 1. The second-order valence-corrected chi connectivity index (χ2v) is 3.25. The number of amides is 1. The van der Waals surface area contributed by atoms with Gasteiger partial charge in [0.15, 0.2) is 6.61 Å². The van der Waals surface area contributed by atoms with Crippen molar-refractivity contribution in [1.29, 1.82) is 0 Å². The van der Waals surface area contributed by atoms with E-state index in [0.29, 0.717) is 5.75 Å². The van der Waals surface area contributed by atoms with Gasteiger partial charge in [0.25, 0.3) is 5.91 Å². The molecular weight excluding hydrogens is 194 g/mol. The van der Waals surface area contributed by atoms with E-state index < -0.39 is 6.10 Å². The summed E-state index contributed by atoms with van der Waals surface area (Å²) >= 11 is 0. The summed E-state index contributed by atoms with van der Waals surface area (Å²) in [6.07, 6.45) is -0.536. The second kappa shape index (κ2) is 6.03. The Labute approximate surface area is 88.9 Å². The van der Waals surface area contributed by atoms with Crippen LogP contribution < -0.4 is 10.1 Å². The Bertz CT molecular complexity index is 298. The first-order chi connectivity index (χ1) is 7.18. The van der Waals surface area contributed by atoms with E-state index in [2.05, 4.69) is 5.32 Å². The highest BCUT2D eigenvalue weighted by molar-refractivity contribution is 5.77. The summed E-state index contributed by atoms with van der Waals surface area (Å²) in [5.74, 6) is 0.421. The van der Waals surface area contributed by atoms with E-state index in [1.807, 2.05) is 18.2 Å². The zero-order chi connectivity index (χ0) is 11.1. The van der Waals surface area contributed by atoms with Crippen LogP contribution in [0.2, 0.25) is 0 Å². The minimum atomic E-state index is -0.536. The molecule has 1 amide bonds. The van der Waals surface area contributed by atoms with Gasteiger partial charge in [-0.3, -0.25) is 4.79 Å². The molecule has 1 rings (SSSR count). The van der Waals surface area contributed by atoms with Gasteiger partial charge in [0.1, 0.15) is 5.75 Å². The molecule has 1 aromatic carbocycles. The summed E-state index contributed by atoms with van der Waals surface area (Å²) in [4.78, 5) is 11.2. The van der Waals surface area contributed by atoms with Crippen molar-refractivity contribution in [2.45, 2.75) is 13.0 Å². The second-order valence-electron chi connectivity index (χ2n) is 3.25. The Hall–Kier alpha value is -1.55. The van der Waals surface area contributed by atoms with Gasteiger partial charge in [-0.15, -0.1) is 0 Å². The molecule has 0 aliphatic heterocycles. The molecule has 0 unspecified atom stereocenters. The first-order valence-electron chi connectivity index (χ1n) is 4.81. The van der Waals surface area contributed by atoms with E-state index in [1.54, 1.807) is 19.1 Å². The summed E-state index contributed by atoms with van der Waals surface area (Å²) in [6, 6.07) is 9.11. The number of rotatable bonds is 5. The van der Waals surface area contributed by atoms with Gasteiger partial charge in [-0.25, -0.2) is 0 Å². The molecule has 0 heterocycles. The fraction of sp³-hybridized carbons (Fsp3) is 0.364. The fourth-order valence-corrected chi connectivity index (χ4v) is 0.978. The van der Waals surface area contributed by atoms with Gasteiger partial charge in [0.05, 0.1) is 6.10 Å². The van der Waals surface area contributed by atoms with Crippen molar-refractivity contribution in [2.75, 3.05) is 13.2 Å². The molecule has 4 heteroatoms. The van der Waals surface area contributed by atoms with Crippen molar-refractivity contribution >= 4 is 5.91 Å². The number of hydrogen-bond acceptors (Lipinski definition) is 3. The Kier molecular flexibility index (Phi) is 4.63.